The molecule has 1 aliphatic rings. The summed E-state index contributed by atoms with van der Waals surface area (Å²) in [6, 6.07) is 14.7. The highest BCUT2D eigenvalue weighted by atomic mass is 16.2. The summed E-state index contributed by atoms with van der Waals surface area (Å²) in [6.45, 7) is 7.93. The molecule has 0 bridgehead atoms. The number of carbonyl (C=O) groups excluding carboxylic acids is 2. The van der Waals surface area contributed by atoms with Crippen LogP contribution in [-0.4, -0.2) is 30.9 Å². The van der Waals surface area contributed by atoms with Gasteiger partial charge in [0.1, 0.15) is 6.04 Å². The summed E-state index contributed by atoms with van der Waals surface area (Å²) >= 11 is 0. The zero-order chi connectivity index (χ0) is 20.1. The Kier molecular flexibility index (Phi) is 6.34. The number of carbonyl (C=O) groups is 2. The van der Waals surface area contributed by atoms with Gasteiger partial charge in [0.15, 0.2) is 0 Å². The Labute approximate surface area is 167 Å². The molecule has 0 aliphatic carbocycles. The quantitative estimate of drug-likeness (QED) is 0.798. The second-order valence-electron chi connectivity index (χ2n) is 7.74. The van der Waals surface area contributed by atoms with E-state index in [9.17, 15) is 9.59 Å². The van der Waals surface area contributed by atoms with Crippen LogP contribution in [0.2, 0.25) is 0 Å². The fourth-order valence-corrected chi connectivity index (χ4v) is 3.53. The Morgan fingerprint density at radius 2 is 1.61 bits per heavy atom. The van der Waals surface area contributed by atoms with Crippen molar-refractivity contribution in [1.82, 2.24) is 5.32 Å². The van der Waals surface area contributed by atoms with Gasteiger partial charge in [-0.2, -0.15) is 0 Å². The first-order valence-electron chi connectivity index (χ1n) is 9.98. The third-order valence-electron chi connectivity index (χ3n) is 5.23. The van der Waals surface area contributed by atoms with Gasteiger partial charge in [0, 0.05) is 30.0 Å². The number of amides is 2. The highest BCUT2D eigenvalue weighted by Crippen LogP contribution is 2.22. The molecule has 2 amide bonds. The van der Waals surface area contributed by atoms with Gasteiger partial charge in [0.25, 0.3) is 5.91 Å². The first kappa shape index (κ1) is 19.9. The summed E-state index contributed by atoms with van der Waals surface area (Å²) in [7, 11) is 0. The van der Waals surface area contributed by atoms with Crippen molar-refractivity contribution < 1.29 is 9.59 Å². The molecule has 1 saturated heterocycles. The van der Waals surface area contributed by atoms with Gasteiger partial charge in [-0.05, 0) is 61.6 Å². The van der Waals surface area contributed by atoms with E-state index in [4.69, 9.17) is 0 Å². The van der Waals surface area contributed by atoms with E-state index in [1.54, 1.807) is 6.07 Å². The Bertz CT molecular complexity index is 824. The van der Waals surface area contributed by atoms with E-state index in [-0.39, 0.29) is 17.7 Å². The van der Waals surface area contributed by atoms with E-state index < -0.39 is 6.04 Å². The number of anilines is 2. The van der Waals surface area contributed by atoms with Crippen LogP contribution in [-0.2, 0) is 4.79 Å². The van der Waals surface area contributed by atoms with Crippen molar-refractivity contribution in [3.05, 3.63) is 59.7 Å². The third-order valence-corrected chi connectivity index (χ3v) is 5.23. The van der Waals surface area contributed by atoms with E-state index in [0.29, 0.717) is 5.56 Å². The lowest BCUT2D eigenvalue weighted by Crippen LogP contribution is -2.47. The first-order valence-corrected chi connectivity index (χ1v) is 9.98. The molecule has 28 heavy (non-hydrogen) atoms. The normalized spacial score (nSPS) is 14.8. The maximum absolute atomic E-state index is 12.8. The topological polar surface area (TPSA) is 61.4 Å². The molecular formula is C23H29N3O2. The molecule has 1 aliphatic heterocycles. The fraction of sp³-hybridized carbons (Fsp3) is 0.391. The minimum Gasteiger partial charge on any atom is -0.372 e. The van der Waals surface area contributed by atoms with Gasteiger partial charge in [-0.15, -0.1) is 0 Å². The van der Waals surface area contributed by atoms with Crippen LogP contribution in [0.5, 0.6) is 0 Å². The number of aryl methyl sites for hydroxylation is 1. The zero-order valence-corrected chi connectivity index (χ0v) is 16.9. The zero-order valence-electron chi connectivity index (χ0n) is 16.9. The Morgan fingerprint density at radius 1 is 0.964 bits per heavy atom. The van der Waals surface area contributed by atoms with Gasteiger partial charge >= 0.3 is 0 Å². The number of hydrogen-bond donors (Lipinski definition) is 2. The number of nitrogens with one attached hydrogen (secondary N) is 2. The van der Waals surface area contributed by atoms with E-state index in [0.717, 1.165) is 24.3 Å². The largest absolute Gasteiger partial charge is 0.372 e. The lowest BCUT2D eigenvalue weighted by atomic mass is 10.0. The van der Waals surface area contributed by atoms with Crippen molar-refractivity contribution >= 4 is 23.2 Å². The summed E-state index contributed by atoms with van der Waals surface area (Å²) in [5, 5.41) is 5.83. The van der Waals surface area contributed by atoms with Crippen LogP contribution >= 0.6 is 0 Å². The van der Waals surface area contributed by atoms with Crippen molar-refractivity contribution in [2.24, 2.45) is 5.92 Å². The Morgan fingerprint density at radius 3 is 2.21 bits per heavy atom. The smallest absolute Gasteiger partial charge is 0.252 e. The van der Waals surface area contributed by atoms with Crippen molar-refractivity contribution in [2.45, 2.75) is 39.7 Å². The molecule has 1 fully saturated rings. The van der Waals surface area contributed by atoms with Gasteiger partial charge in [0.05, 0.1) is 0 Å². The number of benzene rings is 2. The average Bonchev–Trinajstić information content (AvgIpc) is 3.21. The molecule has 2 aromatic carbocycles. The molecule has 1 heterocycles. The molecule has 2 aromatic rings. The van der Waals surface area contributed by atoms with Gasteiger partial charge < -0.3 is 15.5 Å². The second kappa shape index (κ2) is 8.91. The molecule has 2 N–H and O–H groups in total. The first-order chi connectivity index (χ1) is 13.5. The van der Waals surface area contributed by atoms with Gasteiger partial charge in [-0.1, -0.05) is 32.0 Å². The molecule has 0 aromatic heterocycles. The average molecular weight is 380 g/mol. The maximum Gasteiger partial charge on any atom is 0.252 e. The van der Waals surface area contributed by atoms with E-state index in [2.05, 4.69) is 15.5 Å². The summed E-state index contributed by atoms with van der Waals surface area (Å²) in [5.74, 6) is -0.459. The summed E-state index contributed by atoms with van der Waals surface area (Å²) in [4.78, 5) is 27.8. The highest BCUT2D eigenvalue weighted by Gasteiger charge is 2.25. The Balaban J connectivity index is 1.66. The number of rotatable bonds is 6. The lowest BCUT2D eigenvalue weighted by Gasteiger charge is -2.22. The predicted molar refractivity (Wildman–Crippen MR) is 114 cm³/mol. The van der Waals surface area contributed by atoms with Crippen molar-refractivity contribution in [3.63, 3.8) is 0 Å². The molecule has 0 saturated carbocycles. The van der Waals surface area contributed by atoms with Gasteiger partial charge in [-0.25, -0.2) is 0 Å². The molecule has 5 nitrogen and oxygen atoms in total. The van der Waals surface area contributed by atoms with Crippen LogP contribution in [0, 0.1) is 12.8 Å². The molecule has 1 atom stereocenters. The minimum absolute atomic E-state index is 0.0307. The molecule has 148 valence electrons. The second-order valence-corrected chi connectivity index (χ2v) is 7.74. The molecule has 0 unspecified atom stereocenters. The fourth-order valence-electron chi connectivity index (χ4n) is 3.53. The Hall–Kier alpha value is -2.82. The lowest BCUT2D eigenvalue weighted by molar-refractivity contribution is -0.118. The predicted octanol–water partition coefficient (Wildman–Crippen LogP) is 3.99. The summed E-state index contributed by atoms with van der Waals surface area (Å²) in [6.07, 6.45) is 2.46. The van der Waals surface area contributed by atoms with Crippen LogP contribution in [0.25, 0.3) is 0 Å². The summed E-state index contributed by atoms with van der Waals surface area (Å²) < 4.78 is 0. The monoisotopic (exact) mass is 379 g/mol. The number of hydrogen-bond acceptors (Lipinski definition) is 3. The highest BCUT2D eigenvalue weighted by molar-refractivity contribution is 6.02. The van der Waals surface area contributed by atoms with Crippen LogP contribution in [0.3, 0.4) is 0 Å². The number of nitrogens with zero attached hydrogens (tertiary/aromatic N) is 1. The van der Waals surface area contributed by atoms with Crippen molar-refractivity contribution in [3.8, 4) is 0 Å². The van der Waals surface area contributed by atoms with Gasteiger partial charge in [0.2, 0.25) is 5.91 Å². The third kappa shape index (κ3) is 4.71. The maximum atomic E-state index is 12.8. The summed E-state index contributed by atoms with van der Waals surface area (Å²) in [5.41, 5.74) is 3.41. The van der Waals surface area contributed by atoms with Crippen LogP contribution in [0.1, 0.15) is 42.6 Å². The standard InChI is InChI=1S/C23H29N3O2/c1-16(2)21(25-22(27)20-9-5-4-8-17(20)3)23(28)24-18-10-12-19(13-11-18)26-14-6-7-15-26/h4-5,8-13,16,21H,6-7,14-15H2,1-3H3,(H,24,28)(H,25,27)/t21-/m0/s1. The van der Waals surface area contributed by atoms with Crippen LogP contribution < -0.4 is 15.5 Å². The van der Waals surface area contributed by atoms with Crippen LogP contribution in [0.4, 0.5) is 11.4 Å². The van der Waals surface area contributed by atoms with E-state index in [1.165, 1.54) is 18.5 Å². The molecule has 3 rings (SSSR count). The minimum atomic E-state index is -0.606. The van der Waals surface area contributed by atoms with E-state index in [1.807, 2.05) is 63.2 Å². The molecule has 0 spiro atoms. The van der Waals surface area contributed by atoms with Crippen molar-refractivity contribution in [2.75, 3.05) is 23.3 Å². The molecule has 5 heteroatoms. The SMILES string of the molecule is Cc1ccccc1C(=O)N[C@H](C(=O)Nc1ccc(N2CCCC2)cc1)C(C)C. The molecule has 0 radical (unpaired) electrons. The van der Waals surface area contributed by atoms with Crippen LogP contribution in [0.15, 0.2) is 48.5 Å². The molecular weight excluding hydrogens is 350 g/mol. The van der Waals surface area contributed by atoms with E-state index >= 15 is 0 Å². The van der Waals surface area contributed by atoms with Gasteiger partial charge in [-0.3, -0.25) is 9.59 Å². The van der Waals surface area contributed by atoms with Crippen molar-refractivity contribution in [1.29, 1.82) is 0 Å².